The molecule has 0 radical (unpaired) electrons. The van der Waals surface area contributed by atoms with Gasteiger partial charge in [-0.25, -0.2) is 0 Å². The van der Waals surface area contributed by atoms with Gasteiger partial charge in [-0.2, -0.15) is 0 Å². The Labute approximate surface area is 114 Å². The fourth-order valence-electron chi connectivity index (χ4n) is 2.86. The Hall–Kier alpha value is -1.58. The summed E-state index contributed by atoms with van der Waals surface area (Å²) >= 11 is 0. The number of hydrogen-bond donors (Lipinski definition) is 1. The maximum atomic E-state index is 10.9. The summed E-state index contributed by atoms with van der Waals surface area (Å²) in [7, 11) is 0. The van der Waals surface area contributed by atoms with Gasteiger partial charge in [0.05, 0.1) is 4.92 Å². The number of anilines is 1. The number of nitro benzene ring substituents is 1. The van der Waals surface area contributed by atoms with Crippen LogP contribution in [0.1, 0.15) is 44.1 Å². The highest BCUT2D eigenvalue weighted by Crippen LogP contribution is 2.29. The van der Waals surface area contributed by atoms with Crippen molar-refractivity contribution >= 4 is 11.4 Å². The summed E-state index contributed by atoms with van der Waals surface area (Å²) in [5.74, 6) is 0.884. The second kappa shape index (κ2) is 6.55. The molecule has 104 valence electrons. The van der Waals surface area contributed by atoms with Gasteiger partial charge in [-0.3, -0.25) is 10.1 Å². The summed E-state index contributed by atoms with van der Waals surface area (Å²) in [6.45, 7) is 2.77. The lowest BCUT2D eigenvalue weighted by Gasteiger charge is -2.10. The van der Waals surface area contributed by atoms with Crippen molar-refractivity contribution < 1.29 is 4.92 Å². The molecule has 1 aromatic carbocycles. The first-order valence-electron chi connectivity index (χ1n) is 7.16. The van der Waals surface area contributed by atoms with Crippen molar-refractivity contribution in [3.63, 3.8) is 0 Å². The van der Waals surface area contributed by atoms with E-state index in [1.807, 2.05) is 13.0 Å². The van der Waals surface area contributed by atoms with Crippen LogP contribution in [0.15, 0.2) is 18.2 Å². The number of hydrogen-bond acceptors (Lipinski definition) is 3. The van der Waals surface area contributed by atoms with E-state index in [0.717, 1.165) is 24.4 Å². The highest BCUT2D eigenvalue weighted by Gasteiger charge is 2.15. The van der Waals surface area contributed by atoms with Gasteiger partial charge in [0.15, 0.2) is 0 Å². The number of aryl methyl sites for hydroxylation is 1. The van der Waals surface area contributed by atoms with Gasteiger partial charge < -0.3 is 5.32 Å². The second-order valence-corrected chi connectivity index (χ2v) is 5.50. The van der Waals surface area contributed by atoms with E-state index in [4.69, 9.17) is 0 Å². The molecule has 4 nitrogen and oxygen atoms in total. The smallest absolute Gasteiger partial charge is 0.292 e. The normalized spacial score (nSPS) is 15.6. The predicted octanol–water partition coefficient (Wildman–Crippen LogP) is 4.29. The Balaban J connectivity index is 1.84. The van der Waals surface area contributed by atoms with E-state index in [1.165, 1.54) is 32.1 Å². The van der Waals surface area contributed by atoms with Crippen molar-refractivity contribution in [3.05, 3.63) is 33.9 Å². The number of benzene rings is 1. The van der Waals surface area contributed by atoms with Gasteiger partial charge in [0.25, 0.3) is 5.69 Å². The molecule has 0 bridgehead atoms. The fourth-order valence-corrected chi connectivity index (χ4v) is 2.86. The summed E-state index contributed by atoms with van der Waals surface area (Å²) in [6.07, 6.45) is 7.82. The molecule has 0 amide bonds. The average molecular weight is 262 g/mol. The topological polar surface area (TPSA) is 55.2 Å². The minimum Gasteiger partial charge on any atom is -0.379 e. The van der Waals surface area contributed by atoms with Crippen molar-refractivity contribution in [2.75, 3.05) is 11.9 Å². The highest BCUT2D eigenvalue weighted by molar-refractivity contribution is 5.62. The monoisotopic (exact) mass is 262 g/mol. The number of nitrogens with one attached hydrogen (secondary N) is 1. The summed E-state index contributed by atoms with van der Waals surface area (Å²) in [5.41, 5.74) is 1.87. The Morgan fingerprint density at radius 3 is 2.79 bits per heavy atom. The fraction of sp³-hybridized carbons (Fsp3) is 0.600. The summed E-state index contributed by atoms with van der Waals surface area (Å²) in [6, 6.07) is 5.21. The Kier molecular flexibility index (Phi) is 4.77. The van der Waals surface area contributed by atoms with Gasteiger partial charge in [0.2, 0.25) is 0 Å². The van der Waals surface area contributed by atoms with Crippen LogP contribution in [-0.4, -0.2) is 11.5 Å². The maximum absolute atomic E-state index is 10.9. The minimum absolute atomic E-state index is 0.173. The number of nitrogens with zero attached hydrogens (tertiary/aromatic N) is 1. The van der Waals surface area contributed by atoms with E-state index in [9.17, 15) is 10.1 Å². The van der Waals surface area contributed by atoms with Gasteiger partial charge in [-0.05, 0) is 37.3 Å². The molecule has 1 aliphatic carbocycles. The maximum Gasteiger partial charge on any atom is 0.292 e. The van der Waals surface area contributed by atoms with Crippen LogP contribution in [0.3, 0.4) is 0 Å². The van der Waals surface area contributed by atoms with Gasteiger partial charge in [0.1, 0.15) is 5.69 Å². The molecule has 0 heterocycles. The highest BCUT2D eigenvalue weighted by atomic mass is 16.6. The largest absolute Gasteiger partial charge is 0.379 e. The van der Waals surface area contributed by atoms with Crippen molar-refractivity contribution in [2.45, 2.75) is 45.4 Å². The van der Waals surface area contributed by atoms with Crippen molar-refractivity contribution in [2.24, 2.45) is 5.92 Å². The molecule has 0 atom stereocenters. The molecule has 1 N–H and O–H groups in total. The van der Waals surface area contributed by atoms with E-state index in [1.54, 1.807) is 12.1 Å². The van der Waals surface area contributed by atoms with Crippen LogP contribution >= 0.6 is 0 Å². The van der Waals surface area contributed by atoms with Crippen LogP contribution in [0.4, 0.5) is 11.4 Å². The SMILES string of the molecule is Cc1ccc([N+](=O)[O-])c(NCCCC2CCCC2)c1. The van der Waals surface area contributed by atoms with E-state index < -0.39 is 0 Å². The molecular formula is C15H22N2O2. The lowest BCUT2D eigenvalue weighted by atomic mass is 10.0. The zero-order chi connectivity index (χ0) is 13.7. The molecule has 0 unspecified atom stereocenters. The van der Waals surface area contributed by atoms with E-state index in [2.05, 4.69) is 5.32 Å². The van der Waals surface area contributed by atoms with Gasteiger partial charge >= 0.3 is 0 Å². The van der Waals surface area contributed by atoms with Gasteiger partial charge in [-0.1, -0.05) is 31.7 Å². The first-order chi connectivity index (χ1) is 9.16. The van der Waals surface area contributed by atoms with E-state index in [-0.39, 0.29) is 10.6 Å². The zero-order valence-electron chi connectivity index (χ0n) is 11.5. The third-order valence-corrected chi connectivity index (χ3v) is 3.93. The molecule has 0 saturated heterocycles. The van der Waals surface area contributed by atoms with Crippen molar-refractivity contribution in [3.8, 4) is 0 Å². The first-order valence-corrected chi connectivity index (χ1v) is 7.16. The third kappa shape index (κ3) is 3.94. The van der Waals surface area contributed by atoms with Crippen molar-refractivity contribution in [1.29, 1.82) is 0 Å². The first kappa shape index (κ1) is 13.8. The van der Waals surface area contributed by atoms with E-state index in [0.29, 0.717) is 5.69 Å². The van der Waals surface area contributed by atoms with Crippen LogP contribution in [-0.2, 0) is 0 Å². The summed E-state index contributed by atoms with van der Waals surface area (Å²) in [4.78, 5) is 10.6. The average Bonchev–Trinajstić information content (AvgIpc) is 2.87. The van der Waals surface area contributed by atoms with Gasteiger partial charge in [-0.15, -0.1) is 0 Å². The molecule has 0 aromatic heterocycles. The molecule has 1 saturated carbocycles. The van der Waals surface area contributed by atoms with Crippen LogP contribution in [0, 0.1) is 23.0 Å². The lowest BCUT2D eigenvalue weighted by molar-refractivity contribution is -0.384. The Morgan fingerprint density at radius 1 is 1.37 bits per heavy atom. The van der Waals surface area contributed by atoms with Crippen LogP contribution in [0.25, 0.3) is 0 Å². The van der Waals surface area contributed by atoms with E-state index >= 15 is 0 Å². The lowest BCUT2D eigenvalue weighted by Crippen LogP contribution is -2.06. The third-order valence-electron chi connectivity index (χ3n) is 3.93. The summed E-state index contributed by atoms with van der Waals surface area (Å²) < 4.78 is 0. The summed E-state index contributed by atoms with van der Waals surface area (Å²) in [5, 5.41) is 14.2. The van der Waals surface area contributed by atoms with Crippen LogP contribution < -0.4 is 5.32 Å². The minimum atomic E-state index is -0.321. The molecular weight excluding hydrogens is 240 g/mol. The molecule has 1 aromatic rings. The van der Waals surface area contributed by atoms with Crippen LogP contribution in [0.2, 0.25) is 0 Å². The predicted molar refractivity (Wildman–Crippen MR) is 77.5 cm³/mol. The molecule has 2 rings (SSSR count). The Morgan fingerprint density at radius 2 is 2.11 bits per heavy atom. The molecule has 0 aliphatic heterocycles. The standard InChI is InChI=1S/C15H22N2O2/c1-12-8-9-15(17(18)19)14(11-12)16-10-4-7-13-5-2-3-6-13/h8-9,11,13,16H,2-7,10H2,1H3. The molecule has 0 spiro atoms. The molecule has 4 heteroatoms. The second-order valence-electron chi connectivity index (χ2n) is 5.50. The number of rotatable bonds is 6. The Bertz CT molecular complexity index is 440. The zero-order valence-corrected chi connectivity index (χ0v) is 11.5. The molecule has 1 aliphatic rings. The van der Waals surface area contributed by atoms with Crippen LogP contribution in [0.5, 0.6) is 0 Å². The number of nitro groups is 1. The van der Waals surface area contributed by atoms with Gasteiger partial charge in [0, 0.05) is 12.6 Å². The molecule has 19 heavy (non-hydrogen) atoms. The van der Waals surface area contributed by atoms with Crippen molar-refractivity contribution in [1.82, 2.24) is 0 Å². The molecule has 1 fully saturated rings. The quantitative estimate of drug-likeness (QED) is 0.473.